The van der Waals surface area contributed by atoms with Gasteiger partial charge in [-0.25, -0.2) is 0 Å². The minimum atomic E-state index is -0.836. The largest absolute Gasteiger partial charge is 0.486 e. The third-order valence-electron chi connectivity index (χ3n) is 4.26. The maximum atomic E-state index is 12.4. The Kier molecular flexibility index (Phi) is 4.80. The lowest BCUT2D eigenvalue weighted by Gasteiger charge is -2.23. The van der Waals surface area contributed by atoms with E-state index in [1.54, 1.807) is 0 Å². The highest BCUT2D eigenvalue weighted by atomic mass is 32.2. The van der Waals surface area contributed by atoms with E-state index in [1.165, 1.54) is 19.3 Å². The van der Waals surface area contributed by atoms with Gasteiger partial charge in [-0.05, 0) is 30.5 Å². The Balaban J connectivity index is 1.64. The summed E-state index contributed by atoms with van der Waals surface area (Å²) in [5, 5.41) is 0.335. The van der Waals surface area contributed by atoms with Crippen LogP contribution in [-0.2, 0) is 10.8 Å². The summed E-state index contributed by atoms with van der Waals surface area (Å²) in [6.45, 7) is 1.16. The lowest BCUT2D eigenvalue weighted by molar-refractivity contribution is 0.171. The molecule has 2 atom stereocenters. The molecule has 1 aliphatic carbocycles. The SMILES string of the molecule is NC(CS(=O)C1CCCCC1)c1ccc2c(c1)OCCO2. The lowest BCUT2D eigenvalue weighted by atomic mass is 10.0. The summed E-state index contributed by atoms with van der Waals surface area (Å²) in [4.78, 5) is 0. The molecule has 5 heteroatoms. The summed E-state index contributed by atoms with van der Waals surface area (Å²) in [5.74, 6) is 2.05. The molecule has 2 aliphatic rings. The summed E-state index contributed by atoms with van der Waals surface area (Å²) in [6.07, 6.45) is 5.86. The van der Waals surface area contributed by atoms with Crippen LogP contribution in [0.15, 0.2) is 18.2 Å². The van der Waals surface area contributed by atoms with Crippen LogP contribution in [0.2, 0.25) is 0 Å². The van der Waals surface area contributed by atoms with Gasteiger partial charge in [-0.15, -0.1) is 0 Å². The van der Waals surface area contributed by atoms with Crippen LogP contribution in [0, 0.1) is 0 Å². The van der Waals surface area contributed by atoms with Gasteiger partial charge in [0.25, 0.3) is 0 Å². The highest BCUT2D eigenvalue weighted by molar-refractivity contribution is 7.85. The predicted octanol–water partition coefficient (Wildman–Crippen LogP) is 2.54. The monoisotopic (exact) mass is 309 g/mol. The average molecular weight is 309 g/mol. The van der Waals surface area contributed by atoms with Crippen molar-refractivity contribution in [3.05, 3.63) is 23.8 Å². The van der Waals surface area contributed by atoms with Crippen molar-refractivity contribution in [3.63, 3.8) is 0 Å². The molecule has 1 heterocycles. The lowest BCUT2D eigenvalue weighted by Crippen LogP contribution is -2.27. The summed E-state index contributed by atoms with van der Waals surface area (Å²) in [7, 11) is -0.836. The first-order valence-electron chi connectivity index (χ1n) is 7.76. The second-order valence-electron chi connectivity index (χ2n) is 5.82. The van der Waals surface area contributed by atoms with Crippen molar-refractivity contribution in [1.82, 2.24) is 0 Å². The van der Waals surface area contributed by atoms with Crippen LogP contribution in [0.5, 0.6) is 11.5 Å². The third-order valence-corrected chi connectivity index (χ3v) is 6.16. The van der Waals surface area contributed by atoms with E-state index >= 15 is 0 Å². The highest BCUT2D eigenvalue weighted by Gasteiger charge is 2.23. The molecule has 0 amide bonds. The fourth-order valence-corrected chi connectivity index (χ4v) is 4.71. The molecule has 1 aromatic carbocycles. The first-order valence-corrected chi connectivity index (χ1v) is 9.14. The van der Waals surface area contributed by atoms with Crippen LogP contribution in [0.1, 0.15) is 43.7 Å². The normalized spacial score (nSPS) is 21.8. The average Bonchev–Trinajstić information content (AvgIpc) is 2.55. The molecule has 1 fully saturated rings. The van der Waals surface area contributed by atoms with Gasteiger partial charge < -0.3 is 15.2 Å². The van der Waals surface area contributed by atoms with E-state index in [4.69, 9.17) is 15.2 Å². The third kappa shape index (κ3) is 3.58. The summed E-state index contributed by atoms with van der Waals surface area (Å²) in [6, 6.07) is 5.57. The standard InChI is InChI=1S/C16H23NO3S/c17-14(11-21(18)13-4-2-1-3-5-13)12-6-7-15-16(10-12)20-9-8-19-15/h6-7,10,13-14H,1-5,8-9,11,17H2. The van der Waals surface area contributed by atoms with Crippen molar-refractivity contribution in [1.29, 1.82) is 0 Å². The fourth-order valence-electron chi connectivity index (χ4n) is 3.03. The number of hydrogen-bond donors (Lipinski definition) is 1. The van der Waals surface area contributed by atoms with Crippen molar-refractivity contribution in [2.24, 2.45) is 5.73 Å². The zero-order valence-corrected chi connectivity index (χ0v) is 13.1. The Labute approximate surface area is 128 Å². The van der Waals surface area contributed by atoms with Crippen LogP contribution in [0.4, 0.5) is 0 Å². The molecule has 0 radical (unpaired) electrons. The van der Waals surface area contributed by atoms with Crippen LogP contribution < -0.4 is 15.2 Å². The number of benzene rings is 1. The Morgan fingerprint density at radius 2 is 1.86 bits per heavy atom. The molecule has 1 aliphatic heterocycles. The molecule has 1 aromatic rings. The predicted molar refractivity (Wildman–Crippen MR) is 84.2 cm³/mol. The van der Waals surface area contributed by atoms with Gasteiger partial charge >= 0.3 is 0 Å². The van der Waals surface area contributed by atoms with E-state index in [-0.39, 0.29) is 6.04 Å². The second-order valence-corrected chi connectivity index (χ2v) is 7.58. The van der Waals surface area contributed by atoms with E-state index in [9.17, 15) is 4.21 Å². The number of nitrogens with two attached hydrogens (primary N) is 1. The first kappa shape index (κ1) is 14.9. The maximum absolute atomic E-state index is 12.4. The van der Waals surface area contributed by atoms with Crippen LogP contribution in [0.3, 0.4) is 0 Å². The van der Waals surface area contributed by atoms with Crippen molar-refractivity contribution >= 4 is 10.8 Å². The molecule has 0 bridgehead atoms. The molecule has 3 rings (SSSR count). The molecule has 4 nitrogen and oxygen atoms in total. The number of rotatable bonds is 4. The van der Waals surface area contributed by atoms with Gasteiger partial charge in [0, 0.05) is 27.8 Å². The van der Waals surface area contributed by atoms with Gasteiger partial charge in [0.05, 0.1) is 0 Å². The molecular weight excluding hydrogens is 286 g/mol. The van der Waals surface area contributed by atoms with E-state index in [0.717, 1.165) is 29.9 Å². The first-order chi connectivity index (χ1) is 10.2. The maximum Gasteiger partial charge on any atom is 0.161 e. The molecule has 116 valence electrons. The Hall–Kier alpha value is -1.07. The van der Waals surface area contributed by atoms with Gasteiger partial charge in [-0.1, -0.05) is 25.3 Å². The second kappa shape index (κ2) is 6.79. The molecule has 2 unspecified atom stereocenters. The quantitative estimate of drug-likeness (QED) is 0.928. The van der Waals surface area contributed by atoms with E-state index in [1.807, 2.05) is 18.2 Å². The Morgan fingerprint density at radius 1 is 1.14 bits per heavy atom. The molecule has 0 aromatic heterocycles. The number of fused-ring (bicyclic) bond motifs is 1. The number of ether oxygens (including phenoxy) is 2. The van der Waals surface area contributed by atoms with Gasteiger partial charge in [-0.3, -0.25) is 4.21 Å². The summed E-state index contributed by atoms with van der Waals surface area (Å²) >= 11 is 0. The molecule has 2 N–H and O–H groups in total. The van der Waals surface area contributed by atoms with Gasteiger partial charge in [0.15, 0.2) is 11.5 Å². The topological polar surface area (TPSA) is 61.6 Å². The van der Waals surface area contributed by atoms with E-state index in [2.05, 4.69) is 0 Å². The smallest absolute Gasteiger partial charge is 0.161 e. The molecule has 0 saturated heterocycles. The van der Waals surface area contributed by atoms with Crippen LogP contribution in [-0.4, -0.2) is 28.4 Å². The Bertz CT molecular complexity index is 514. The van der Waals surface area contributed by atoms with Crippen molar-refractivity contribution < 1.29 is 13.7 Å². The minimum Gasteiger partial charge on any atom is -0.486 e. The van der Waals surface area contributed by atoms with Crippen molar-refractivity contribution in [3.8, 4) is 11.5 Å². The van der Waals surface area contributed by atoms with Crippen LogP contribution >= 0.6 is 0 Å². The molecule has 0 spiro atoms. The van der Waals surface area contributed by atoms with E-state index in [0.29, 0.717) is 24.2 Å². The van der Waals surface area contributed by atoms with E-state index < -0.39 is 10.8 Å². The zero-order valence-electron chi connectivity index (χ0n) is 12.3. The summed E-state index contributed by atoms with van der Waals surface area (Å²) < 4.78 is 23.5. The van der Waals surface area contributed by atoms with Crippen molar-refractivity contribution in [2.75, 3.05) is 19.0 Å². The molecule has 1 saturated carbocycles. The minimum absolute atomic E-state index is 0.205. The summed E-state index contributed by atoms with van der Waals surface area (Å²) in [5.41, 5.74) is 7.22. The van der Waals surface area contributed by atoms with Crippen LogP contribution in [0.25, 0.3) is 0 Å². The molecule has 21 heavy (non-hydrogen) atoms. The fraction of sp³-hybridized carbons (Fsp3) is 0.625. The van der Waals surface area contributed by atoms with Gasteiger partial charge in [-0.2, -0.15) is 0 Å². The van der Waals surface area contributed by atoms with Gasteiger partial charge in [0.1, 0.15) is 13.2 Å². The molecular formula is C16H23NO3S. The van der Waals surface area contributed by atoms with Gasteiger partial charge in [0.2, 0.25) is 0 Å². The highest BCUT2D eigenvalue weighted by Crippen LogP contribution is 2.32. The number of hydrogen-bond acceptors (Lipinski definition) is 4. The van der Waals surface area contributed by atoms with Crippen molar-refractivity contribution in [2.45, 2.75) is 43.4 Å². The zero-order chi connectivity index (χ0) is 14.7. The Morgan fingerprint density at radius 3 is 2.62 bits per heavy atom.